The van der Waals surface area contributed by atoms with Crippen LogP contribution in [0.5, 0.6) is 5.75 Å². The fourth-order valence-electron chi connectivity index (χ4n) is 3.54. The van der Waals surface area contributed by atoms with E-state index in [1.807, 2.05) is 0 Å². The minimum absolute atomic E-state index is 0.0308. The van der Waals surface area contributed by atoms with Crippen LogP contribution < -0.4 is 4.74 Å². The van der Waals surface area contributed by atoms with E-state index in [1.54, 1.807) is 18.2 Å². The number of carbonyl (C=O) groups is 2. The number of aliphatic imine (C=N–C) groups is 1. The number of para-hydroxylation sites is 1. The van der Waals surface area contributed by atoms with Gasteiger partial charge in [-0.25, -0.2) is 14.6 Å². The molecule has 4 aromatic rings. The van der Waals surface area contributed by atoms with Gasteiger partial charge in [0, 0.05) is 45.5 Å². The summed E-state index contributed by atoms with van der Waals surface area (Å²) in [5.74, 6) is -1.46. The van der Waals surface area contributed by atoms with Crippen LogP contribution in [0.2, 0.25) is 5.02 Å². The molecule has 13 heteroatoms. The van der Waals surface area contributed by atoms with Crippen molar-refractivity contribution in [3.05, 3.63) is 114 Å². The summed E-state index contributed by atoms with van der Waals surface area (Å²) in [6.07, 6.45) is 1.37. The molecule has 0 aliphatic carbocycles. The average molecular weight is 550 g/mol. The molecule has 0 atom stereocenters. The molecule has 188 valence electrons. The lowest BCUT2D eigenvalue weighted by atomic mass is 10.1. The number of rotatable bonds is 6. The number of thiophene rings is 1. The Labute approximate surface area is 221 Å². The highest BCUT2D eigenvalue weighted by atomic mass is 35.5. The SMILES string of the molecule is O=C1OC(c2ccc([N+](=O)[O-])cc2)=N/C1=C/c1ccccc1OC(=O)c1sc2cc([N+](=O)[O-])ccc2c1Cl. The smallest absolute Gasteiger partial charge is 0.363 e. The summed E-state index contributed by atoms with van der Waals surface area (Å²) in [7, 11) is 0. The molecule has 0 fully saturated rings. The number of esters is 2. The largest absolute Gasteiger partial charge is 0.422 e. The molecular formula is C25H12ClN3O8S. The maximum Gasteiger partial charge on any atom is 0.363 e. The fraction of sp³-hybridized carbons (Fsp3) is 0. The Morgan fingerprint density at radius 3 is 2.39 bits per heavy atom. The van der Waals surface area contributed by atoms with Crippen molar-refractivity contribution in [2.45, 2.75) is 0 Å². The van der Waals surface area contributed by atoms with Gasteiger partial charge in [0.05, 0.1) is 14.9 Å². The number of non-ortho nitro benzene ring substituents is 2. The van der Waals surface area contributed by atoms with Gasteiger partial charge in [-0.05, 0) is 30.3 Å². The molecule has 0 radical (unpaired) electrons. The quantitative estimate of drug-likeness (QED) is 0.0942. The van der Waals surface area contributed by atoms with Gasteiger partial charge in [-0.1, -0.05) is 29.8 Å². The summed E-state index contributed by atoms with van der Waals surface area (Å²) in [6, 6.07) is 15.8. The Hall–Kier alpha value is -4.94. The lowest BCUT2D eigenvalue weighted by Crippen LogP contribution is -2.08. The number of cyclic esters (lactones) is 1. The van der Waals surface area contributed by atoms with Gasteiger partial charge < -0.3 is 9.47 Å². The van der Waals surface area contributed by atoms with Crippen LogP contribution in [0.3, 0.4) is 0 Å². The van der Waals surface area contributed by atoms with Gasteiger partial charge in [0.25, 0.3) is 11.4 Å². The molecule has 3 aromatic carbocycles. The highest BCUT2D eigenvalue weighted by molar-refractivity contribution is 7.21. The second kappa shape index (κ2) is 9.84. The number of carbonyl (C=O) groups excluding carboxylic acids is 2. The van der Waals surface area contributed by atoms with Crippen LogP contribution in [-0.4, -0.2) is 27.7 Å². The molecule has 38 heavy (non-hydrogen) atoms. The minimum atomic E-state index is -0.784. The molecule has 0 amide bonds. The number of nitro groups is 2. The highest BCUT2D eigenvalue weighted by Gasteiger charge is 2.26. The number of ether oxygens (including phenoxy) is 2. The van der Waals surface area contributed by atoms with Crippen molar-refractivity contribution in [1.29, 1.82) is 0 Å². The molecule has 2 heterocycles. The third-order valence-corrected chi connectivity index (χ3v) is 7.01. The Balaban J connectivity index is 1.42. The van der Waals surface area contributed by atoms with E-state index in [-0.39, 0.29) is 38.6 Å². The number of benzene rings is 3. The fourth-order valence-corrected chi connectivity index (χ4v) is 4.96. The van der Waals surface area contributed by atoms with E-state index < -0.39 is 21.8 Å². The van der Waals surface area contributed by atoms with Gasteiger partial charge >= 0.3 is 11.9 Å². The average Bonchev–Trinajstić information content (AvgIpc) is 3.44. The van der Waals surface area contributed by atoms with E-state index in [9.17, 15) is 29.8 Å². The van der Waals surface area contributed by atoms with Crippen molar-refractivity contribution in [3.63, 3.8) is 0 Å². The third-order valence-electron chi connectivity index (χ3n) is 5.37. The first-order valence-corrected chi connectivity index (χ1v) is 11.9. The Morgan fingerprint density at radius 2 is 1.68 bits per heavy atom. The molecular weight excluding hydrogens is 538 g/mol. The molecule has 1 aliphatic rings. The van der Waals surface area contributed by atoms with Gasteiger partial charge in [0.2, 0.25) is 5.90 Å². The topological polar surface area (TPSA) is 151 Å². The second-order valence-electron chi connectivity index (χ2n) is 7.75. The zero-order chi connectivity index (χ0) is 27.0. The van der Waals surface area contributed by atoms with Crippen molar-refractivity contribution in [1.82, 2.24) is 0 Å². The standard InChI is InChI=1S/C25H12ClN3O8S/c26-21-17-10-9-16(29(34)35)12-20(17)38-22(21)25(31)36-19-4-2-1-3-14(19)11-18-24(30)37-23(27-18)13-5-7-15(8-6-13)28(32)33/h1-12H/b18-11+. The van der Waals surface area contributed by atoms with Crippen molar-refractivity contribution < 1.29 is 28.9 Å². The maximum atomic E-state index is 13.0. The van der Waals surface area contributed by atoms with Gasteiger partial charge in [-0.15, -0.1) is 11.3 Å². The molecule has 1 aliphatic heterocycles. The molecule has 0 unspecified atom stereocenters. The van der Waals surface area contributed by atoms with Gasteiger partial charge in [-0.2, -0.15) is 0 Å². The van der Waals surface area contributed by atoms with Crippen molar-refractivity contribution in [2.75, 3.05) is 0 Å². The molecule has 0 bridgehead atoms. The summed E-state index contributed by atoms with van der Waals surface area (Å²) in [6.45, 7) is 0. The molecule has 11 nitrogen and oxygen atoms in total. The summed E-state index contributed by atoms with van der Waals surface area (Å²) in [5, 5.41) is 22.5. The van der Waals surface area contributed by atoms with E-state index in [1.165, 1.54) is 54.6 Å². The zero-order valence-electron chi connectivity index (χ0n) is 18.8. The number of halogens is 1. The van der Waals surface area contributed by atoms with Crippen LogP contribution in [-0.2, 0) is 9.53 Å². The molecule has 0 saturated carbocycles. The van der Waals surface area contributed by atoms with Crippen LogP contribution in [0.4, 0.5) is 11.4 Å². The monoisotopic (exact) mass is 549 g/mol. The zero-order valence-corrected chi connectivity index (χ0v) is 20.4. The first-order valence-electron chi connectivity index (χ1n) is 10.7. The Kier molecular flexibility index (Phi) is 6.41. The van der Waals surface area contributed by atoms with Crippen LogP contribution >= 0.6 is 22.9 Å². The van der Waals surface area contributed by atoms with E-state index in [4.69, 9.17) is 21.1 Å². The molecule has 1 aromatic heterocycles. The normalized spacial score (nSPS) is 13.9. The summed E-state index contributed by atoms with van der Waals surface area (Å²) >= 11 is 7.32. The van der Waals surface area contributed by atoms with Crippen molar-refractivity contribution >= 4 is 68.3 Å². The molecule has 5 rings (SSSR count). The molecule has 0 spiro atoms. The highest BCUT2D eigenvalue weighted by Crippen LogP contribution is 2.38. The summed E-state index contributed by atoms with van der Waals surface area (Å²) < 4.78 is 11.2. The van der Waals surface area contributed by atoms with Crippen LogP contribution in [0.25, 0.3) is 16.2 Å². The summed E-state index contributed by atoms with van der Waals surface area (Å²) in [4.78, 5) is 50.5. The number of hydrogen-bond donors (Lipinski definition) is 0. The first-order chi connectivity index (χ1) is 18.2. The predicted octanol–water partition coefficient (Wildman–Crippen LogP) is 5.93. The first kappa shape index (κ1) is 24.7. The Bertz CT molecular complexity index is 1730. The lowest BCUT2D eigenvalue weighted by molar-refractivity contribution is -0.385. The van der Waals surface area contributed by atoms with E-state index in [0.29, 0.717) is 21.2 Å². The number of fused-ring (bicyclic) bond motifs is 1. The van der Waals surface area contributed by atoms with Crippen LogP contribution in [0, 0.1) is 20.2 Å². The third kappa shape index (κ3) is 4.73. The Morgan fingerprint density at radius 1 is 1.00 bits per heavy atom. The predicted molar refractivity (Wildman–Crippen MR) is 139 cm³/mol. The number of nitro benzene ring substituents is 2. The van der Waals surface area contributed by atoms with Gasteiger partial charge in [0.1, 0.15) is 10.6 Å². The number of hydrogen-bond acceptors (Lipinski definition) is 10. The summed E-state index contributed by atoms with van der Waals surface area (Å²) in [5.41, 5.74) is 0.377. The molecule has 0 saturated heterocycles. The molecule has 0 N–H and O–H groups in total. The van der Waals surface area contributed by atoms with Crippen molar-refractivity contribution in [2.24, 2.45) is 4.99 Å². The second-order valence-corrected chi connectivity index (χ2v) is 9.18. The van der Waals surface area contributed by atoms with Gasteiger partial charge in [-0.3, -0.25) is 20.2 Å². The maximum absolute atomic E-state index is 13.0. The van der Waals surface area contributed by atoms with Crippen molar-refractivity contribution in [3.8, 4) is 5.75 Å². The lowest BCUT2D eigenvalue weighted by Gasteiger charge is -2.07. The van der Waals surface area contributed by atoms with E-state index in [0.717, 1.165) is 11.3 Å². The van der Waals surface area contributed by atoms with E-state index in [2.05, 4.69) is 4.99 Å². The number of nitrogens with zero attached hydrogens (tertiary/aromatic N) is 3. The van der Waals surface area contributed by atoms with Gasteiger partial charge in [0.15, 0.2) is 5.70 Å². The van der Waals surface area contributed by atoms with Crippen LogP contribution in [0.1, 0.15) is 20.8 Å². The minimum Gasteiger partial charge on any atom is -0.422 e. The van der Waals surface area contributed by atoms with Crippen LogP contribution in [0.15, 0.2) is 77.4 Å². The van der Waals surface area contributed by atoms with E-state index >= 15 is 0 Å².